The number of anilines is 1. The van der Waals surface area contributed by atoms with Gasteiger partial charge in [-0.25, -0.2) is 8.42 Å². The lowest BCUT2D eigenvalue weighted by Gasteiger charge is -2.12. The molecule has 0 saturated carbocycles. The number of sulfone groups is 1. The van der Waals surface area contributed by atoms with E-state index in [-0.39, 0.29) is 16.6 Å². The molecule has 1 aromatic carbocycles. The molecule has 0 unspecified atom stereocenters. The molecule has 6 heteroatoms. The Bertz CT molecular complexity index is 538. The average Bonchev–Trinajstić information content (AvgIpc) is 2.45. The molecule has 1 atom stereocenters. The lowest BCUT2D eigenvalue weighted by atomic mass is 10.1. The van der Waals surface area contributed by atoms with Gasteiger partial charge in [0, 0.05) is 5.69 Å². The molecule has 1 rings (SSSR count). The van der Waals surface area contributed by atoms with Gasteiger partial charge >= 0.3 is 0 Å². The monoisotopic (exact) mass is 298 g/mol. The molecule has 0 fully saturated rings. The highest BCUT2D eigenvalue weighted by atomic mass is 32.2. The Balaban J connectivity index is 2.68. The van der Waals surface area contributed by atoms with Gasteiger partial charge in [0.15, 0.2) is 9.84 Å². The molecule has 3 N–H and O–H groups in total. The van der Waals surface area contributed by atoms with Crippen LogP contribution in [0.3, 0.4) is 0 Å². The Labute approximate surface area is 120 Å². The third-order valence-electron chi connectivity index (χ3n) is 3.07. The topological polar surface area (TPSA) is 89.3 Å². The van der Waals surface area contributed by atoms with Crippen molar-refractivity contribution in [2.24, 2.45) is 5.73 Å². The van der Waals surface area contributed by atoms with E-state index in [9.17, 15) is 13.2 Å². The maximum atomic E-state index is 11.8. The summed E-state index contributed by atoms with van der Waals surface area (Å²) in [4.78, 5) is 12.1. The molecule has 1 amide bonds. The molecule has 0 heterocycles. The van der Waals surface area contributed by atoms with E-state index < -0.39 is 15.9 Å². The minimum Gasteiger partial charge on any atom is -0.325 e. The largest absolute Gasteiger partial charge is 0.325 e. The quantitative estimate of drug-likeness (QED) is 0.805. The van der Waals surface area contributed by atoms with Crippen molar-refractivity contribution in [2.45, 2.75) is 44.0 Å². The van der Waals surface area contributed by atoms with Crippen LogP contribution in [0.1, 0.15) is 33.1 Å². The number of carbonyl (C=O) groups is 1. The summed E-state index contributed by atoms with van der Waals surface area (Å²) in [5, 5.41) is 2.69. The van der Waals surface area contributed by atoms with Crippen molar-refractivity contribution in [3.63, 3.8) is 0 Å². The number of benzene rings is 1. The number of hydrogen-bond donors (Lipinski definition) is 2. The summed E-state index contributed by atoms with van der Waals surface area (Å²) < 4.78 is 23.3. The molecule has 0 aliphatic heterocycles. The van der Waals surface area contributed by atoms with Crippen LogP contribution in [-0.2, 0) is 14.6 Å². The van der Waals surface area contributed by atoms with Crippen LogP contribution >= 0.6 is 0 Å². The van der Waals surface area contributed by atoms with Gasteiger partial charge in [0.1, 0.15) is 0 Å². The second kappa shape index (κ2) is 7.40. The minimum atomic E-state index is -3.21. The van der Waals surface area contributed by atoms with E-state index in [4.69, 9.17) is 5.73 Å². The van der Waals surface area contributed by atoms with Crippen LogP contribution in [0.4, 0.5) is 5.69 Å². The van der Waals surface area contributed by atoms with Crippen LogP contribution in [0.25, 0.3) is 0 Å². The van der Waals surface area contributed by atoms with E-state index in [2.05, 4.69) is 5.32 Å². The van der Waals surface area contributed by atoms with Crippen LogP contribution in [0.15, 0.2) is 29.2 Å². The molecule has 20 heavy (non-hydrogen) atoms. The fourth-order valence-electron chi connectivity index (χ4n) is 1.70. The Morgan fingerprint density at radius 1 is 1.25 bits per heavy atom. The van der Waals surface area contributed by atoms with Gasteiger partial charge in [-0.2, -0.15) is 0 Å². The number of nitrogens with two attached hydrogens (primary N) is 1. The molecular weight excluding hydrogens is 276 g/mol. The van der Waals surface area contributed by atoms with E-state index >= 15 is 0 Å². The van der Waals surface area contributed by atoms with Crippen molar-refractivity contribution in [3.05, 3.63) is 24.3 Å². The Kier molecular flexibility index (Phi) is 6.16. The van der Waals surface area contributed by atoms with E-state index in [1.807, 2.05) is 6.92 Å². The second-order valence-electron chi connectivity index (χ2n) is 4.67. The number of hydrogen-bond acceptors (Lipinski definition) is 4. The summed E-state index contributed by atoms with van der Waals surface area (Å²) in [6.07, 6.45) is 2.54. The van der Waals surface area contributed by atoms with Crippen molar-refractivity contribution < 1.29 is 13.2 Å². The predicted molar refractivity (Wildman–Crippen MR) is 80.3 cm³/mol. The van der Waals surface area contributed by atoms with Gasteiger partial charge < -0.3 is 11.1 Å². The lowest BCUT2D eigenvalue weighted by molar-refractivity contribution is -0.117. The smallest absolute Gasteiger partial charge is 0.241 e. The average molecular weight is 298 g/mol. The zero-order valence-corrected chi connectivity index (χ0v) is 12.7. The van der Waals surface area contributed by atoms with Gasteiger partial charge in [-0.05, 0) is 30.7 Å². The molecule has 1 aromatic rings. The highest BCUT2D eigenvalue weighted by Crippen LogP contribution is 2.15. The van der Waals surface area contributed by atoms with E-state index in [0.717, 1.165) is 12.8 Å². The van der Waals surface area contributed by atoms with E-state index in [0.29, 0.717) is 12.1 Å². The third kappa shape index (κ3) is 4.61. The van der Waals surface area contributed by atoms with Crippen molar-refractivity contribution >= 4 is 21.4 Å². The summed E-state index contributed by atoms with van der Waals surface area (Å²) in [5.74, 6) is -0.190. The molecule has 5 nitrogen and oxygen atoms in total. The molecular formula is C14H22N2O3S. The first kappa shape index (κ1) is 16.7. The Morgan fingerprint density at radius 3 is 2.35 bits per heavy atom. The zero-order valence-electron chi connectivity index (χ0n) is 11.9. The minimum absolute atomic E-state index is 0.0561. The van der Waals surface area contributed by atoms with Gasteiger partial charge in [-0.3, -0.25) is 4.79 Å². The summed E-state index contributed by atoms with van der Waals surface area (Å²) in [6.45, 7) is 3.63. The number of rotatable bonds is 7. The summed E-state index contributed by atoms with van der Waals surface area (Å²) in [6, 6.07) is 5.60. The molecule has 0 spiro atoms. The Hall–Kier alpha value is -1.40. The molecule has 0 aliphatic rings. The van der Waals surface area contributed by atoms with Crippen LogP contribution < -0.4 is 11.1 Å². The molecule has 0 aromatic heterocycles. The van der Waals surface area contributed by atoms with E-state index in [1.54, 1.807) is 19.1 Å². The van der Waals surface area contributed by atoms with Crippen molar-refractivity contribution in [1.29, 1.82) is 0 Å². The number of amides is 1. The van der Waals surface area contributed by atoms with Crippen LogP contribution in [0, 0.1) is 0 Å². The first-order valence-electron chi connectivity index (χ1n) is 6.80. The number of carbonyl (C=O) groups excluding carboxylic acids is 1. The van der Waals surface area contributed by atoms with Crippen molar-refractivity contribution in [2.75, 3.05) is 11.1 Å². The third-order valence-corrected chi connectivity index (χ3v) is 4.82. The molecule has 0 radical (unpaired) electrons. The lowest BCUT2D eigenvalue weighted by Crippen LogP contribution is -2.35. The maximum Gasteiger partial charge on any atom is 0.241 e. The van der Waals surface area contributed by atoms with Gasteiger partial charge in [-0.1, -0.05) is 26.7 Å². The molecule has 0 saturated heterocycles. The maximum absolute atomic E-state index is 11.8. The first-order chi connectivity index (χ1) is 9.40. The summed E-state index contributed by atoms with van der Waals surface area (Å²) >= 11 is 0. The van der Waals surface area contributed by atoms with Gasteiger partial charge in [0.2, 0.25) is 5.91 Å². The molecule has 0 aliphatic carbocycles. The Morgan fingerprint density at radius 2 is 1.85 bits per heavy atom. The van der Waals surface area contributed by atoms with Crippen LogP contribution in [0.5, 0.6) is 0 Å². The first-order valence-corrected chi connectivity index (χ1v) is 8.45. The van der Waals surface area contributed by atoms with E-state index in [1.165, 1.54) is 12.1 Å². The van der Waals surface area contributed by atoms with Crippen molar-refractivity contribution in [1.82, 2.24) is 0 Å². The number of unbranched alkanes of at least 4 members (excludes halogenated alkanes) is 1. The second-order valence-corrected chi connectivity index (χ2v) is 6.94. The molecule has 112 valence electrons. The number of nitrogens with one attached hydrogen (secondary N) is 1. The normalized spacial score (nSPS) is 12.9. The molecule has 0 bridgehead atoms. The van der Waals surface area contributed by atoms with Crippen LogP contribution in [0.2, 0.25) is 0 Å². The SMILES string of the molecule is CCCC[C@H](N)C(=O)Nc1ccc(S(=O)(=O)CC)cc1. The van der Waals surface area contributed by atoms with Gasteiger partial charge in [0.25, 0.3) is 0 Å². The fourth-order valence-corrected chi connectivity index (χ4v) is 2.59. The van der Waals surface area contributed by atoms with Gasteiger partial charge in [-0.15, -0.1) is 0 Å². The van der Waals surface area contributed by atoms with Gasteiger partial charge in [0.05, 0.1) is 16.7 Å². The standard InChI is InChI=1S/C14H22N2O3S/c1-3-5-6-13(15)14(17)16-11-7-9-12(10-8-11)20(18,19)4-2/h7-10,13H,3-6,15H2,1-2H3,(H,16,17)/t13-/m0/s1. The van der Waals surface area contributed by atoms with Crippen molar-refractivity contribution in [3.8, 4) is 0 Å². The summed E-state index contributed by atoms with van der Waals surface area (Å²) in [7, 11) is -3.21. The highest BCUT2D eigenvalue weighted by Gasteiger charge is 2.14. The summed E-state index contributed by atoms with van der Waals surface area (Å²) in [5.41, 5.74) is 6.32. The fraction of sp³-hybridized carbons (Fsp3) is 0.500. The zero-order chi connectivity index (χ0) is 15.2. The highest BCUT2D eigenvalue weighted by molar-refractivity contribution is 7.91. The van der Waals surface area contributed by atoms with Crippen LogP contribution in [-0.4, -0.2) is 26.1 Å². The predicted octanol–water partition coefficient (Wildman–Crippen LogP) is 1.94.